The summed E-state index contributed by atoms with van der Waals surface area (Å²) >= 11 is 0. The first kappa shape index (κ1) is 17.2. The highest BCUT2D eigenvalue weighted by molar-refractivity contribution is 5.97. The number of carbonyl (C=O) groups is 2. The zero-order valence-electron chi connectivity index (χ0n) is 13.5. The Kier molecular flexibility index (Phi) is 5.92. The van der Waals surface area contributed by atoms with Crippen LogP contribution in [0.25, 0.3) is 0 Å². The van der Waals surface area contributed by atoms with Crippen molar-refractivity contribution in [3.63, 3.8) is 0 Å². The molecule has 1 aromatic rings. The summed E-state index contributed by atoms with van der Waals surface area (Å²) in [7, 11) is 0. The molecule has 126 valence electrons. The van der Waals surface area contributed by atoms with Crippen LogP contribution >= 0.6 is 0 Å². The van der Waals surface area contributed by atoms with Crippen LogP contribution in [0.4, 0.5) is 0 Å². The van der Waals surface area contributed by atoms with E-state index >= 15 is 0 Å². The molecule has 0 radical (unpaired) electrons. The summed E-state index contributed by atoms with van der Waals surface area (Å²) in [4.78, 5) is 40.2. The molecule has 1 aliphatic heterocycles. The molecule has 1 unspecified atom stereocenters. The Morgan fingerprint density at radius 3 is 2.57 bits per heavy atom. The molecule has 2 N–H and O–H groups in total. The number of rotatable bonds is 5. The molecule has 1 aliphatic rings. The van der Waals surface area contributed by atoms with Crippen LogP contribution in [0.15, 0.2) is 23.1 Å². The molecule has 1 fully saturated rings. The van der Waals surface area contributed by atoms with Crippen LogP contribution in [0.2, 0.25) is 0 Å². The van der Waals surface area contributed by atoms with E-state index in [1.165, 1.54) is 18.3 Å². The van der Waals surface area contributed by atoms with Gasteiger partial charge in [0.05, 0.1) is 18.8 Å². The number of aromatic amines is 1. The number of nitrogens with zero attached hydrogens (tertiary/aromatic N) is 1. The standard InChI is InChI=1S/C16H23N3O4/c1-11(2)9-13(16(22)19-5-7-23-8-6-19)18-15(21)12-3-4-14(20)17-10-12/h3-4,10-11,13H,5-9H2,1-2H3,(H,17,20)(H,18,21). The van der Waals surface area contributed by atoms with Gasteiger partial charge in [-0.1, -0.05) is 13.8 Å². The molecule has 0 spiro atoms. The van der Waals surface area contributed by atoms with E-state index in [4.69, 9.17) is 4.74 Å². The SMILES string of the molecule is CC(C)CC(NC(=O)c1ccc(=O)[nH]c1)C(=O)N1CCOCC1. The summed E-state index contributed by atoms with van der Waals surface area (Å²) in [5.41, 5.74) is 0.0535. The summed E-state index contributed by atoms with van der Waals surface area (Å²) in [5.74, 6) is -0.186. The summed E-state index contributed by atoms with van der Waals surface area (Å²) in [5, 5.41) is 2.79. The lowest BCUT2D eigenvalue weighted by Crippen LogP contribution is -2.52. The van der Waals surface area contributed by atoms with E-state index in [2.05, 4.69) is 10.3 Å². The number of nitrogens with one attached hydrogen (secondary N) is 2. The quantitative estimate of drug-likeness (QED) is 0.820. The molecule has 2 amide bonds. The van der Waals surface area contributed by atoms with Gasteiger partial charge in [-0.2, -0.15) is 0 Å². The van der Waals surface area contributed by atoms with E-state index in [1.807, 2.05) is 13.8 Å². The Balaban J connectivity index is 2.07. The minimum absolute atomic E-state index is 0.0835. The summed E-state index contributed by atoms with van der Waals surface area (Å²) in [6, 6.07) is 2.16. The Morgan fingerprint density at radius 2 is 2.00 bits per heavy atom. The first-order chi connectivity index (χ1) is 11.0. The van der Waals surface area contributed by atoms with E-state index < -0.39 is 6.04 Å². The molecule has 1 atom stereocenters. The molecule has 2 heterocycles. The van der Waals surface area contributed by atoms with Crippen molar-refractivity contribution in [2.75, 3.05) is 26.3 Å². The Hall–Kier alpha value is -2.15. The zero-order chi connectivity index (χ0) is 16.8. The molecule has 7 nitrogen and oxygen atoms in total. The van der Waals surface area contributed by atoms with Crippen molar-refractivity contribution >= 4 is 11.8 Å². The lowest BCUT2D eigenvalue weighted by Gasteiger charge is -2.31. The van der Waals surface area contributed by atoms with E-state index in [-0.39, 0.29) is 23.3 Å². The monoisotopic (exact) mass is 321 g/mol. The van der Waals surface area contributed by atoms with Gasteiger partial charge < -0.3 is 19.9 Å². The number of H-pyrrole nitrogens is 1. The number of aromatic nitrogens is 1. The fraction of sp³-hybridized carbons (Fsp3) is 0.562. The molecular weight excluding hydrogens is 298 g/mol. The van der Waals surface area contributed by atoms with Gasteiger partial charge in [0.25, 0.3) is 5.91 Å². The second-order valence-electron chi connectivity index (χ2n) is 6.03. The maximum absolute atomic E-state index is 12.7. The largest absolute Gasteiger partial charge is 0.378 e. The maximum atomic E-state index is 12.7. The summed E-state index contributed by atoms with van der Waals surface area (Å²) in [6.07, 6.45) is 1.91. The normalized spacial score (nSPS) is 16.2. The molecule has 1 aromatic heterocycles. The van der Waals surface area contributed by atoms with Gasteiger partial charge in [-0.25, -0.2) is 0 Å². The predicted molar refractivity (Wildman–Crippen MR) is 85.2 cm³/mol. The van der Waals surface area contributed by atoms with Crippen molar-refractivity contribution in [3.05, 3.63) is 34.2 Å². The number of pyridine rings is 1. The van der Waals surface area contributed by atoms with E-state index in [0.717, 1.165) is 0 Å². The van der Waals surface area contributed by atoms with Crippen LogP contribution in [0.3, 0.4) is 0 Å². The van der Waals surface area contributed by atoms with Gasteiger partial charge >= 0.3 is 0 Å². The van der Waals surface area contributed by atoms with E-state index in [1.54, 1.807) is 4.90 Å². The highest BCUT2D eigenvalue weighted by Gasteiger charge is 2.28. The summed E-state index contributed by atoms with van der Waals surface area (Å²) in [6.45, 7) is 6.14. The molecule has 0 saturated carbocycles. The van der Waals surface area contributed by atoms with Crippen molar-refractivity contribution in [3.8, 4) is 0 Å². The molecule has 0 bridgehead atoms. The second kappa shape index (κ2) is 7.92. The fourth-order valence-corrected chi connectivity index (χ4v) is 2.49. The molecule has 2 rings (SSSR count). The Morgan fingerprint density at radius 1 is 1.30 bits per heavy atom. The number of ether oxygens (including phenoxy) is 1. The minimum atomic E-state index is -0.576. The van der Waals surface area contributed by atoms with E-state index in [9.17, 15) is 14.4 Å². The van der Waals surface area contributed by atoms with Crippen molar-refractivity contribution in [1.82, 2.24) is 15.2 Å². The third-order valence-electron chi connectivity index (χ3n) is 3.68. The average molecular weight is 321 g/mol. The Labute approximate surface area is 135 Å². The van der Waals surface area contributed by atoms with Gasteiger partial charge in [-0.05, 0) is 18.4 Å². The first-order valence-corrected chi connectivity index (χ1v) is 7.83. The van der Waals surface area contributed by atoms with Crippen molar-refractivity contribution in [2.45, 2.75) is 26.3 Å². The first-order valence-electron chi connectivity index (χ1n) is 7.83. The van der Waals surface area contributed by atoms with E-state index in [0.29, 0.717) is 38.3 Å². The van der Waals surface area contributed by atoms with Gasteiger partial charge in [0, 0.05) is 25.4 Å². The number of hydrogen-bond acceptors (Lipinski definition) is 4. The van der Waals surface area contributed by atoms with Crippen LogP contribution < -0.4 is 10.9 Å². The topological polar surface area (TPSA) is 91.5 Å². The number of amides is 2. The van der Waals surface area contributed by atoms with Gasteiger partial charge in [0.2, 0.25) is 11.5 Å². The van der Waals surface area contributed by atoms with Gasteiger partial charge in [-0.15, -0.1) is 0 Å². The van der Waals surface area contributed by atoms with Crippen LogP contribution in [0.1, 0.15) is 30.6 Å². The molecular formula is C16H23N3O4. The van der Waals surface area contributed by atoms with Crippen LogP contribution in [-0.4, -0.2) is 54.0 Å². The van der Waals surface area contributed by atoms with Gasteiger partial charge in [0.15, 0.2) is 0 Å². The highest BCUT2D eigenvalue weighted by atomic mass is 16.5. The average Bonchev–Trinajstić information content (AvgIpc) is 2.54. The van der Waals surface area contributed by atoms with Crippen molar-refractivity contribution in [2.24, 2.45) is 5.92 Å². The molecule has 7 heteroatoms. The number of carbonyl (C=O) groups excluding carboxylic acids is 2. The lowest BCUT2D eigenvalue weighted by molar-refractivity contribution is -0.137. The van der Waals surface area contributed by atoms with Crippen LogP contribution in [-0.2, 0) is 9.53 Å². The zero-order valence-corrected chi connectivity index (χ0v) is 13.5. The fourth-order valence-electron chi connectivity index (χ4n) is 2.49. The lowest BCUT2D eigenvalue weighted by atomic mass is 10.0. The number of morpholine rings is 1. The molecule has 0 aromatic carbocycles. The van der Waals surface area contributed by atoms with Crippen molar-refractivity contribution in [1.29, 1.82) is 0 Å². The number of hydrogen-bond donors (Lipinski definition) is 2. The Bertz CT molecular complexity index is 585. The third kappa shape index (κ3) is 4.92. The van der Waals surface area contributed by atoms with Crippen molar-refractivity contribution < 1.29 is 14.3 Å². The predicted octanol–water partition coefficient (Wildman–Crippen LogP) is 0.378. The van der Waals surface area contributed by atoms with Crippen LogP contribution in [0, 0.1) is 5.92 Å². The van der Waals surface area contributed by atoms with Gasteiger partial charge in [-0.3, -0.25) is 14.4 Å². The van der Waals surface area contributed by atoms with Crippen LogP contribution in [0.5, 0.6) is 0 Å². The van der Waals surface area contributed by atoms with Gasteiger partial charge in [0.1, 0.15) is 6.04 Å². The minimum Gasteiger partial charge on any atom is -0.378 e. The molecule has 1 saturated heterocycles. The third-order valence-corrected chi connectivity index (χ3v) is 3.68. The molecule has 23 heavy (non-hydrogen) atoms. The highest BCUT2D eigenvalue weighted by Crippen LogP contribution is 2.10. The summed E-state index contributed by atoms with van der Waals surface area (Å²) < 4.78 is 5.26. The maximum Gasteiger partial charge on any atom is 0.253 e. The second-order valence-corrected chi connectivity index (χ2v) is 6.03. The smallest absolute Gasteiger partial charge is 0.253 e. The molecule has 0 aliphatic carbocycles.